The van der Waals surface area contributed by atoms with Crippen molar-refractivity contribution in [2.24, 2.45) is 11.8 Å². The average molecular weight is 426 g/mol. The van der Waals surface area contributed by atoms with Gasteiger partial charge >= 0.3 is 6.03 Å². The summed E-state index contributed by atoms with van der Waals surface area (Å²) in [6.07, 6.45) is 3.81. The van der Waals surface area contributed by atoms with E-state index in [0.29, 0.717) is 24.7 Å². The normalized spacial score (nSPS) is 22.9. The molecule has 2 atom stereocenters. The van der Waals surface area contributed by atoms with Gasteiger partial charge in [-0.05, 0) is 30.9 Å². The Balaban J connectivity index is 1.41. The number of nitriles is 1. The second-order valence-electron chi connectivity index (χ2n) is 8.28. The Hall–Kier alpha value is -3.48. The molecule has 2 fully saturated rings. The van der Waals surface area contributed by atoms with Crippen molar-refractivity contribution in [1.82, 2.24) is 14.7 Å². The van der Waals surface area contributed by atoms with Gasteiger partial charge in [-0.15, -0.1) is 0 Å². The van der Waals surface area contributed by atoms with Crippen LogP contribution in [0.25, 0.3) is 0 Å². The molecule has 3 heterocycles. The number of fused-ring (bicyclic) bond motifs is 1. The molecule has 1 N–H and O–H groups in total. The van der Waals surface area contributed by atoms with Gasteiger partial charge in [-0.25, -0.2) is 13.6 Å². The average Bonchev–Trinajstić information content (AvgIpc) is 3.42. The minimum atomic E-state index is -1.03. The molecule has 1 saturated carbocycles. The molecule has 2 unspecified atom stereocenters. The van der Waals surface area contributed by atoms with Crippen LogP contribution in [0.3, 0.4) is 0 Å². The lowest BCUT2D eigenvalue weighted by Gasteiger charge is -2.37. The Morgan fingerprint density at radius 3 is 2.71 bits per heavy atom. The topological polar surface area (TPSA) is 94.3 Å². The summed E-state index contributed by atoms with van der Waals surface area (Å²) in [5.41, 5.74) is 1.51. The molecule has 3 amide bonds. The van der Waals surface area contributed by atoms with E-state index < -0.39 is 17.7 Å². The van der Waals surface area contributed by atoms with E-state index in [4.69, 9.17) is 0 Å². The lowest BCUT2D eigenvalue weighted by molar-refractivity contribution is -0.117. The van der Waals surface area contributed by atoms with E-state index in [1.807, 2.05) is 4.68 Å². The molecule has 1 aromatic carbocycles. The van der Waals surface area contributed by atoms with Crippen molar-refractivity contribution in [2.45, 2.75) is 38.4 Å². The summed E-state index contributed by atoms with van der Waals surface area (Å²) in [6.45, 7) is 1.03. The van der Waals surface area contributed by atoms with E-state index in [9.17, 15) is 23.6 Å². The number of amides is 3. The number of rotatable bonds is 3. The predicted octanol–water partition coefficient (Wildman–Crippen LogP) is 2.86. The third kappa shape index (κ3) is 3.50. The second kappa shape index (κ2) is 7.34. The summed E-state index contributed by atoms with van der Waals surface area (Å²) >= 11 is 0. The highest BCUT2D eigenvalue weighted by Crippen LogP contribution is 2.40. The third-order valence-electron chi connectivity index (χ3n) is 6.20. The molecule has 1 aliphatic carbocycles. The number of halogens is 2. The minimum Gasteiger partial charge on any atom is -0.313 e. The summed E-state index contributed by atoms with van der Waals surface area (Å²) < 4.78 is 28.6. The van der Waals surface area contributed by atoms with Crippen molar-refractivity contribution < 1.29 is 18.4 Å². The number of anilines is 2. The van der Waals surface area contributed by atoms with Crippen LogP contribution in [0.1, 0.15) is 25.0 Å². The van der Waals surface area contributed by atoms with E-state index in [1.54, 1.807) is 16.0 Å². The lowest BCUT2D eigenvalue weighted by Crippen LogP contribution is -2.49. The first-order valence-corrected chi connectivity index (χ1v) is 10.2. The van der Waals surface area contributed by atoms with Crippen LogP contribution in [0.5, 0.6) is 0 Å². The van der Waals surface area contributed by atoms with Gasteiger partial charge in [-0.2, -0.15) is 10.4 Å². The number of nitrogens with zero attached hydrogens (tertiary/aromatic N) is 5. The van der Waals surface area contributed by atoms with Crippen LogP contribution < -0.4 is 10.2 Å². The number of hydrogen-bond acceptors (Lipinski definition) is 4. The molecule has 0 bridgehead atoms. The Labute approximate surface area is 177 Å². The van der Waals surface area contributed by atoms with E-state index in [0.717, 1.165) is 30.7 Å². The summed E-state index contributed by atoms with van der Waals surface area (Å²) in [5, 5.41) is 16.3. The van der Waals surface area contributed by atoms with Crippen LogP contribution >= 0.6 is 0 Å². The van der Waals surface area contributed by atoms with Gasteiger partial charge in [0.1, 0.15) is 0 Å². The largest absolute Gasteiger partial charge is 0.322 e. The standard InChI is InChI=1S/C21H20F2N6O2/c22-15-4-3-14(6-16(15)23)26-21(31)28-10-19-17(27-9-12(7-24)5-20(27)30)8-25-29(19)11-18(28)13-1-2-13/h3-4,6,8,12-13,18H,1-2,5,9-11H2,(H,26,31). The van der Waals surface area contributed by atoms with Crippen molar-refractivity contribution in [2.75, 3.05) is 16.8 Å². The van der Waals surface area contributed by atoms with Gasteiger partial charge in [-0.3, -0.25) is 9.48 Å². The van der Waals surface area contributed by atoms with Crippen molar-refractivity contribution in [1.29, 1.82) is 5.26 Å². The summed E-state index contributed by atoms with van der Waals surface area (Å²) in [6, 6.07) is 4.88. The number of nitrogens with one attached hydrogen (secondary N) is 1. The first kappa shape index (κ1) is 19.5. The minimum absolute atomic E-state index is 0.0771. The molecule has 3 aliphatic rings. The first-order chi connectivity index (χ1) is 14.9. The molecule has 31 heavy (non-hydrogen) atoms. The maximum absolute atomic E-state index is 13.6. The Morgan fingerprint density at radius 1 is 1.23 bits per heavy atom. The fourth-order valence-electron chi connectivity index (χ4n) is 4.40. The first-order valence-electron chi connectivity index (χ1n) is 10.2. The Morgan fingerprint density at radius 2 is 2.03 bits per heavy atom. The smallest absolute Gasteiger partial charge is 0.313 e. The van der Waals surface area contributed by atoms with Gasteiger partial charge in [0.25, 0.3) is 0 Å². The van der Waals surface area contributed by atoms with E-state index in [1.165, 1.54) is 6.07 Å². The van der Waals surface area contributed by atoms with Crippen molar-refractivity contribution in [3.8, 4) is 6.07 Å². The lowest BCUT2D eigenvalue weighted by atomic mass is 10.1. The van der Waals surface area contributed by atoms with E-state index >= 15 is 0 Å². The molecule has 2 aromatic rings. The summed E-state index contributed by atoms with van der Waals surface area (Å²) in [5.74, 6) is -2.16. The Bertz CT molecular complexity index is 1110. The molecular formula is C21H20F2N6O2. The molecule has 8 nitrogen and oxygen atoms in total. The second-order valence-corrected chi connectivity index (χ2v) is 8.28. The van der Waals surface area contributed by atoms with Crippen LogP contribution in [-0.2, 0) is 17.9 Å². The maximum atomic E-state index is 13.6. The third-order valence-corrected chi connectivity index (χ3v) is 6.20. The van der Waals surface area contributed by atoms with Crippen molar-refractivity contribution >= 4 is 23.3 Å². The number of urea groups is 1. The Kier molecular flexibility index (Phi) is 4.61. The molecule has 5 rings (SSSR count). The molecule has 0 radical (unpaired) electrons. The summed E-state index contributed by atoms with van der Waals surface area (Å²) in [7, 11) is 0. The zero-order valence-electron chi connectivity index (χ0n) is 16.6. The van der Waals surface area contributed by atoms with E-state index in [2.05, 4.69) is 16.5 Å². The number of carbonyl (C=O) groups is 2. The number of benzene rings is 1. The molecule has 160 valence electrons. The van der Waals surface area contributed by atoms with Crippen LogP contribution in [0.4, 0.5) is 25.0 Å². The fourth-order valence-corrected chi connectivity index (χ4v) is 4.40. The van der Waals surface area contributed by atoms with Crippen LogP contribution in [0.15, 0.2) is 24.4 Å². The number of aromatic nitrogens is 2. The molecule has 1 saturated heterocycles. The highest BCUT2D eigenvalue weighted by Gasteiger charge is 2.43. The highest BCUT2D eigenvalue weighted by molar-refractivity contribution is 5.96. The summed E-state index contributed by atoms with van der Waals surface area (Å²) in [4.78, 5) is 28.7. The SMILES string of the molecule is N#CC1CC(=O)N(c2cnn3c2CN(C(=O)Nc2ccc(F)c(F)c2)C(C2CC2)C3)C1. The zero-order chi connectivity index (χ0) is 21.7. The highest BCUT2D eigenvalue weighted by atomic mass is 19.2. The molecular weight excluding hydrogens is 406 g/mol. The maximum Gasteiger partial charge on any atom is 0.322 e. The predicted molar refractivity (Wildman–Crippen MR) is 106 cm³/mol. The van der Waals surface area contributed by atoms with Crippen LogP contribution in [0, 0.1) is 34.8 Å². The molecule has 2 aliphatic heterocycles. The van der Waals surface area contributed by atoms with Gasteiger partial charge in [0.05, 0.1) is 48.7 Å². The van der Waals surface area contributed by atoms with Crippen molar-refractivity contribution in [3.05, 3.63) is 41.7 Å². The molecule has 1 aromatic heterocycles. The monoisotopic (exact) mass is 426 g/mol. The van der Waals surface area contributed by atoms with Gasteiger partial charge in [0.2, 0.25) is 5.91 Å². The quantitative estimate of drug-likeness (QED) is 0.817. The fraction of sp³-hybridized carbons (Fsp3) is 0.429. The van der Waals surface area contributed by atoms with Crippen molar-refractivity contribution in [3.63, 3.8) is 0 Å². The van der Waals surface area contributed by atoms with Gasteiger partial charge in [0.15, 0.2) is 11.6 Å². The number of carbonyl (C=O) groups excluding carboxylic acids is 2. The van der Waals surface area contributed by atoms with Crippen LogP contribution in [-0.4, -0.2) is 39.2 Å². The van der Waals surface area contributed by atoms with Gasteiger partial charge in [0, 0.05) is 24.7 Å². The van der Waals surface area contributed by atoms with Gasteiger partial charge < -0.3 is 15.1 Å². The molecule has 10 heteroatoms. The van der Waals surface area contributed by atoms with Crippen LogP contribution in [0.2, 0.25) is 0 Å². The zero-order valence-corrected chi connectivity index (χ0v) is 16.6. The molecule has 0 spiro atoms. The number of hydrogen-bond donors (Lipinski definition) is 1. The van der Waals surface area contributed by atoms with Gasteiger partial charge in [-0.1, -0.05) is 0 Å². The van der Waals surface area contributed by atoms with E-state index in [-0.39, 0.29) is 36.5 Å².